The van der Waals surface area contributed by atoms with E-state index in [-0.39, 0.29) is 18.0 Å². The van der Waals surface area contributed by atoms with Gasteiger partial charge in [0.15, 0.2) is 0 Å². The fourth-order valence-corrected chi connectivity index (χ4v) is 1.50. The number of amidine groups is 1. The van der Waals surface area contributed by atoms with Crippen LogP contribution in [0.3, 0.4) is 0 Å². The molecule has 0 aliphatic rings. The van der Waals surface area contributed by atoms with Gasteiger partial charge in [-0.3, -0.25) is 5.41 Å². The van der Waals surface area contributed by atoms with E-state index in [1.807, 2.05) is 0 Å². The minimum Gasteiger partial charge on any atom is -0.477 e. The molecule has 5 nitrogen and oxygen atoms in total. The van der Waals surface area contributed by atoms with Gasteiger partial charge < -0.3 is 15.4 Å². The second kappa shape index (κ2) is 3.53. The van der Waals surface area contributed by atoms with Crippen LogP contribution in [-0.2, 0) is 13.5 Å². The molecule has 0 saturated heterocycles. The van der Waals surface area contributed by atoms with E-state index in [2.05, 4.69) is 0 Å². The molecule has 76 valence electrons. The summed E-state index contributed by atoms with van der Waals surface area (Å²) in [6.07, 6.45) is 0.282. The van der Waals surface area contributed by atoms with E-state index in [0.717, 1.165) is 5.69 Å². The van der Waals surface area contributed by atoms with E-state index in [1.165, 1.54) is 0 Å². The summed E-state index contributed by atoms with van der Waals surface area (Å²) in [6.45, 7) is 1.73. The molecule has 0 amide bonds. The largest absolute Gasteiger partial charge is 0.477 e. The molecule has 4 N–H and O–H groups in total. The van der Waals surface area contributed by atoms with E-state index >= 15 is 0 Å². The molecule has 0 aromatic carbocycles. The van der Waals surface area contributed by atoms with Crippen molar-refractivity contribution in [2.75, 3.05) is 0 Å². The zero-order chi connectivity index (χ0) is 10.9. The third kappa shape index (κ3) is 1.76. The van der Waals surface area contributed by atoms with Gasteiger partial charge in [0.1, 0.15) is 5.69 Å². The number of carbonyl (C=O) groups is 1. The maximum atomic E-state index is 10.8. The highest BCUT2D eigenvalue weighted by molar-refractivity contribution is 5.88. The molecule has 1 aromatic heterocycles. The van der Waals surface area contributed by atoms with Crippen molar-refractivity contribution in [2.45, 2.75) is 13.3 Å². The van der Waals surface area contributed by atoms with Crippen LogP contribution in [0.25, 0.3) is 0 Å². The molecule has 0 spiro atoms. The lowest BCUT2D eigenvalue weighted by Crippen LogP contribution is -2.16. The van der Waals surface area contributed by atoms with Gasteiger partial charge >= 0.3 is 5.97 Å². The molecule has 0 radical (unpaired) electrons. The summed E-state index contributed by atoms with van der Waals surface area (Å²) in [6, 6.07) is 1.74. The topological polar surface area (TPSA) is 92.1 Å². The first-order valence-electron chi connectivity index (χ1n) is 4.15. The summed E-state index contributed by atoms with van der Waals surface area (Å²) in [4.78, 5) is 10.8. The van der Waals surface area contributed by atoms with Crippen LogP contribution < -0.4 is 5.73 Å². The van der Waals surface area contributed by atoms with Crippen LogP contribution in [0.4, 0.5) is 0 Å². The van der Waals surface area contributed by atoms with Gasteiger partial charge in [0.25, 0.3) is 0 Å². The average molecular weight is 195 g/mol. The first-order valence-corrected chi connectivity index (χ1v) is 4.15. The summed E-state index contributed by atoms with van der Waals surface area (Å²) in [7, 11) is 1.66. The van der Waals surface area contributed by atoms with E-state index < -0.39 is 5.97 Å². The Balaban J connectivity index is 3.16. The minimum absolute atomic E-state index is 0.0301. The lowest BCUT2D eigenvalue weighted by molar-refractivity contribution is 0.0685. The molecule has 0 fully saturated rings. The Morgan fingerprint density at radius 3 is 2.64 bits per heavy atom. The monoisotopic (exact) mass is 195 g/mol. The normalized spacial score (nSPS) is 10.1. The van der Waals surface area contributed by atoms with Crippen molar-refractivity contribution >= 4 is 11.8 Å². The Kier molecular flexibility index (Phi) is 2.60. The van der Waals surface area contributed by atoms with Gasteiger partial charge in [-0.25, -0.2) is 4.79 Å². The fraction of sp³-hybridized carbons (Fsp3) is 0.333. The van der Waals surface area contributed by atoms with Gasteiger partial charge in [0.05, 0.1) is 5.84 Å². The van der Waals surface area contributed by atoms with Crippen LogP contribution in [0.15, 0.2) is 6.07 Å². The number of rotatable bonds is 3. The molecular formula is C9H13N3O2. The number of hydrogen-bond acceptors (Lipinski definition) is 2. The van der Waals surface area contributed by atoms with E-state index in [1.54, 1.807) is 24.6 Å². The number of aromatic nitrogens is 1. The molecule has 0 bridgehead atoms. The maximum Gasteiger partial charge on any atom is 0.352 e. The average Bonchev–Trinajstić information content (AvgIpc) is 2.25. The lowest BCUT2D eigenvalue weighted by Gasteiger charge is -2.03. The van der Waals surface area contributed by atoms with E-state index in [4.69, 9.17) is 16.2 Å². The van der Waals surface area contributed by atoms with E-state index in [9.17, 15) is 4.79 Å². The Morgan fingerprint density at radius 1 is 1.71 bits per heavy atom. The first-order chi connectivity index (χ1) is 6.43. The van der Waals surface area contributed by atoms with Crippen molar-refractivity contribution in [1.29, 1.82) is 5.41 Å². The van der Waals surface area contributed by atoms with E-state index in [0.29, 0.717) is 5.56 Å². The molecule has 14 heavy (non-hydrogen) atoms. The smallest absolute Gasteiger partial charge is 0.352 e. The highest BCUT2D eigenvalue weighted by Crippen LogP contribution is 2.14. The van der Waals surface area contributed by atoms with Gasteiger partial charge in [0, 0.05) is 19.2 Å². The third-order valence-electron chi connectivity index (χ3n) is 2.10. The number of hydrogen-bond donors (Lipinski definition) is 3. The maximum absolute atomic E-state index is 10.8. The van der Waals surface area contributed by atoms with Crippen molar-refractivity contribution in [2.24, 2.45) is 12.8 Å². The molecule has 1 heterocycles. The molecule has 1 rings (SSSR count). The van der Waals surface area contributed by atoms with Crippen molar-refractivity contribution in [3.8, 4) is 0 Å². The Hall–Kier alpha value is -1.78. The van der Waals surface area contributed by atoms with Gasteiger partial charge in [-0.05, 0) is 18.6 Å². The number of aromatic carboxylic acids is 1. The molecule has 1 aromatic rings. The predicted molar refractivity (Wildman–Crippen MR) is 52.7 cm³/mol. The summed E-state index contributed by atoms with van der Waals surface area (Å²) in [5.74, 6) is -0.928. The Labute approximate surface area is 81.7 Å². The quantitative estimate of drug-likeness (QED) is 0.484. The van der Waals surface area contributed by atoms with Gasteiger partial charge in [-0.1, -0.05) is 0 Å². The zero-order valence-corrected chi connectivity index (χ0v) is 8.16. The van der Waals surface area contributed by atoms with Crippen LogP contribution in [0.5, 0.6) is 0 Å². The van der Waals surface area contributed by atoms with Crippen LogP contribution in [-0.4, -0.2) is 21.5 Å². The fourth-order valence-electron chi connectivity index (χ4n) is 1.50. The van der Waals surface area contributed by atoms with Gasteiger partial charge in [0.2, 0.25) is 0 Å². The molecule has 0 atom stereocenters. The lowest BCUT2D eigenvalue weighted by atomic mass is 10.2. The molecule has 0 aliphatic heterocycles. The van der Waals surface area contributed by atoms with Crippen molar-refractivity contribution < 1.29 is 9.90 Å². The number of carboxylic acids is 1. The predicted octanol–water partition coefficient (Wildman–Crippen LogP) is 0.510. The van der Waals surface area contributed by atoms with Crippen molar-refractivity contribution in [1.82, 2.24) is 4.57 Å². The summed E-state index contributed by atoms with van der Waals surface area (Å²) in [5, 5.41) is 16.0. The van der Waals surface area contributed by atoms with Crippen LogP contribution in [0, 0.1) is 12.3 Å². The molecular weight excluding hydrogens is 182 g/mol. The highest BCUT2D eigenvalue weighted by atomic mass is 16.4. The summed E-state index contributed by atoms with van der Waals surface area (Å²) in [5.41, 5.74) is 6.94. The van der Waals surface area contributed by atoms with Crippen LogP contribution in [0.2, 0.25) is 0 Å². The van der Waals surface area contributed by atoms with Gasteiger partial charge in [-0.15, -0.1) is 0 Å². The standard InChI is InChI=1S/C9H13N3O2/c1-5-3-6(4-7(10)11)12(2)8(5)9(13)14/h3H,4H2,1-2H3,(H3,10,11)(H,13,14). The first kappa shape index (κ1) is 10.3. The second-order valence-electron chi connectivity index (χ2n) is 3.23. The number of nitrogens with two attached hydrogens (primary N) is 1. The Bertz CT molecular complexity index is 393. The second-order valence-corrected chi connectivity index (χ2v) is 3.23. The third-order valence-corrected chi connectivity index (χ3v) is 2.10. The summed E-state index contributed by atoms with van der Waals surface area (Å²) < 4.78 is 1.55. The summed E-state index contributed by atoms with van der Waals surface area (Å²) >= 11 is 0. The van der Waals surface area contributed by atoms with Crippen molar-refractivity contribution in [3.05, 3.63) is 23.0 Å². The number of carboxylic acid groups (broad SMARTS) is 1. The van der Waals surface area contributed by atoms with Gasteiger partial charge in [-0.2, -0.15) is 0 Å². The Morgan fingerprint density at radius 2 is 2.29 bits per heavy atom. The molecule has 0 saturated carbocycles. The minimum atomic E-state index is -0.959. The van der Waals surface area contributed by atoms with Crippen LogP contribution >= 0.6 is 0 Å². The number of nitrogens with one attached hydrogen (secondary N) is 1. The zero-order valence-electron chi connectivity index (χ0n) is 8.16. The molecule has 0 aliphatic carbocycles. The van der Waals surface area contributed by atoms with Crippen molar-refractivity contribution in [3.63, 3.8) is 0 Å². The molecule has 0 unspecified atom stereocenters. The number of aryl methyl sites for hydroxylation is 1. The van der Waals surface area contributed by atoms with Crippen LogP contribution in [0.1, 0.15) is 21.7 Å². The SMILES string of the molecule is Cc1cc(CC(=N)N)n(C)c1C(=O)O. The molecule has 5 heteroatoms. The highest BCUT2D eigenvalue weighted by Gasteiger charge is 2.15. The number of nitrogens with zero attached hydrogens (tertiary/aromatic N) is 1.